The van der Waals surface area contributed by atoms with E-state index < -0.39 is 0 Å². The zero-order valence-corrected chi connectivity index (χ0v) is 9.21. The van der Waals surface area contributed by atoms with Crippen LogP contribution in [0.2, 0.25) is 0 Å². The molecular formula is C12H22N2. The summed E-state index contributed by atoms with van der Waals surface area (Å²) in [5, 5.41) is 3.44. The third kappa shape index (κ3) is 1.31. The van der Waals surface area contributed by atoms with Gasteiger partial charge in [0.1, 0.15) is 0 Å². The van der Waals surface area contributed by atoms with Crippen molar-refractivity contribution in [1.82, 2.24) is 10.2 Å². The normalized spacial score (nSPS) is 47.8. The largest absolute Gasteiger partial charge is 0.317 e. The Morgan fingerprint density at radius 1 is 0.857 bits per heavy atom. The van der Waals surface area contributed by atoms with Crippen LogP contribution in [0.1, 0.15) is 44.9 Å². The fourth-order valence-corrected chi connectivity index (χ4v) is 4.04. The van der Waals surface area contributed by atoms with Gasteiger partial charge in [-0.2, -0.15) is 0 Å². The van der Waals surface area contributed by atoms with Crippen LogP contribution in [0.25, 0.3) is 0 Å². The van der Waals surface area contributed by atoms with Crippen molar-refractivity contribution >= 4 is 0 Å². The van der Waals surface area contributed by atoms with E-state index in [1.54, 1.807) is 0 Å². The van der Waals surface area contributed by atoms with Crippen LogP contribution in [0, 0.1) is 0 Å². The van der Waals surface area contributed by atoms with Gasteiger partial charge in [0.15, 0.2) is 0 Å². The monoisotopic (exact) mass is 194 g/mol. The molecule has 2 bridgehead atoms. The van der Waals surface area contributed by atoms with E-state index in [-0.39, 0.29) is 0 Å². The summed E-state index contributed by atoms with van der Waals surface area (Å²) in [4.78, 5) is 2.89. The molecule has 2 nitrogen and oxygen atoms in total. The van der Waals surface area contributed by atoms with Crippen molar-refractivity contribution in [2.45, 2.75) is 69.1 Å². The lowest BCUT2D eigenvalue weighted by Crippen LogP contribution is -2.38. The molecule has 2 saturated heterocycles. The van der Waals surface area contributed by atoms with Gasteiger partial charge in [0.2, 0.25) is 0 Å². The quantitative estimate of drug-likeness (QED) is 0.720. The summed E-state index contributed by atoms with van der Waals surface area (Å²) in [5.74, 6) is 0. The fraction of sp³-hybridized carbons (Fsp3) is 1.00. The molecule has 80 valence electrons. The van der Waals surface area contributed by atoms with Gasteiger partial charge in [0.05, 0.1) is 0 Å². The van der Waals surface area contributed by atoms with Crippen molar-refractivity contribution in [1.29, 1.82) is 0 Å². The molecule has 3 fully saturated rings. The summed E-state index contributed by atoms with van der Waals surface area (Å²) in [7, 11) is 2.12. The van der Waals surface area contributed by atoms with E-state index >= 15 is 0 Å². The Morgan fingerprint density at radius 2 is 1.43 bits per heavy atom. The third-order valence-electron chi connectivity index (χ3n) is 4.74. The zero-order chi connectivity index (χ0) is 9.54. The molecule has 1 aliphatic carbocycles. The van der Waals surface area contributed by atoms with Crippen molar-refractivity contribution in [2.75, 3.05) is 7.05 Å². The van der Waals surface area contributed by atoms with E-state index in [1.165, 1.54) is 44.9 Å². The molecule has 0 aromatic carbocycles. The van der Waals surface area contributed by atoms with Crippen LogP contribution in [0.15, 0.2) is 0 Å². The Labute approximate surface area is 87.0 Å². The predicted molar refractivity (Wildman–Crippen MR) is 58.4 cm³/mol. The van der Waals surface area contributed by atoms with E-state index in [0.29, 0.717) is 0 Å². The minimum absolute atomic E-state index is 0.806. The Balaban J connectivity index is 1.66. The minimum Gasteiger partial charge on any atom is -0.317 e. The SMILES string of the molecule is CNC1CCC(N2C3CCC2CC3)C1. The zero-order valence-electron chi connectivity index (χ0n) is 9.21. The summed E-state index contributed by atoms with van der Waals surface area (Å²) < 4.78 is 0. The molecule has 0 radical (unpaired) electrons. The maximum atomic E-state index is 3.44. The molecule has 2 aliphatic heterocycles. The molecule has 2 atom stereocenters. The topological polar surface area (TPSA) is 15.3 Å². The summed E-state index contributed by atoms with van der Waals surface area (Å²) in [6, 6.07) is 3.67. The molecule has 1 N–H and O–H groups in total. The lowest BCUT2D eigenvalue weighted by molar-refractivity contribution is 0.176. The number of nitrogens with zero attached hydrogens (tertiary/aromatic N) is 1. The highest BCUT2D eigenvalue weighted by atomic mass is 15.3. The van der Waals surface area contributed by atoms with E-state index in [4.69, 9.17) is 0 Å². The Kier molecular flexibility index (Phi) is 2.29. The van der Waals surface area contributed by atoms with Crippen LogP contribution in [0.4, 0.5) is 0 Å². The van der Waals surface area contributed by atoms with Gasteiger partial charge in [-0.25, -0.2) is 0 Å². The number of hydrogen-bond acceptors (Lipinski definition) is 2. The van der Waals surface area contributed by atoms with Gasteiger partial charge in [0, 0.05) is 24.2 Å². The van der Waals surface area contributed by atoms with E-state index in [0.717, 1.165) is 24.2 Å². The van der Waals surface area contributed by atoms with E-state index in [1.807, 2.05) is 0 Å². The molecule has 2 heteroatoms. The first kappa shape index (κ1) is 9.17. The second kappa shape index (κ2) is 3.49. The fourth-order valence-electron chi connectivity index (χ4n) is 4.04. The van der Waals surface area contributed by atoms with Gasteiger partial charge >= 0.3 is 0 Å². The van der Waals surface area contributed by atoms with Crippen molar-refractivity contribution in [3.8, 4) is 0 Å². The molecule has 14 heavy (non-hydrogen) atoms. The molecular weight excluding hydrogens is 172 g/mol. The lowest BCUT2D eigenvalue weighted by Gasteiger charge is -2.29. The van der Waals surface area contributed by atoms with Crippen LogP contribution in [-0.2, 0) is 0 Å². The Morgan fingerprint density at radius 3 is 1.93 bits per heavy atom. The van der Waals surface area contributed by atoms with Gasteiger partial charge < -0.3 is 5.32 Å². The van der Waals surface area contributed by atoms with Gasteiger partial charge in [-0.3, -0.25) is 4.90 Å². The van der Waals surface area contributed by atoms with Gasteiger partial charge in [-0.15, -0.1) is 0 Å². The lowest BCUT2D eigenvalue weighted by atomic mass is 10.0. The molecule has 0 aromatic heterocycles. The highest BCUT2D eigenvalue weighted by Gasteiger charge is 2.44. The molecule has 3 rings (SSSR count). The van der Waals surface area contributed by atoms with Crippen LogP contribution < -0.4 is 5.32 Å². The van der Waals surface area contributed by atoms with Gasteiger partial charge in [-0.1, -0.05) is 0 Å². The number of hydrogen-bond donors (Lipinski definition) is 1. The minimum atomic E-state index is 0.806. The number of nitrogens with one attached hydrogen (secondary N) is 1. The smallest absolute Gasteiger partial charge is 0.0116 e. The molecule has 2 heterocycles. The highest BCUT2D eigenvalue weighted by Crippen LogP contribution is 2.42. The van der Waals surface area contributed by atoms with Crippen LogP contribution in [0.5, 0.6) is 0 Å². The van der Waals surface area contributed by atoms with Crippen LogP contribution in [-0.4, -0.2) is 36.1 Å². The molecule has 3 aliphatic rings. The maximum Gasteiger partial charge on any atom is 0.0116 e. The third-order valence-corrected chi connectivity index (χ3v) is 4.74. The molecule has 2 unspecified atom stereocenters. The molecule has 0 spiro atoms. The Bertz CT molecular complexity index is 196. The second-order valence-corrected chi connectivity index (χ2v) is 5.36. The van der Waals surface area contributed by atoms with E-state index in [9.17, 15) is 0 Å². The van der Waals surface area contributed by atoms with Crippen molar-refractivity contribution in [2.24, 2.45) is 0 Å². The standard InChI is InChI=1S/C12H22N2/c1-13-9-2-3-12(8-9)14-10-4-5-11(14)7-6-10/h9-13H,2-8H2,1H3. The van der Waals surface area contributed by atoms with Crippen LogP contribution in [0.3, 0.4) is 0 Å². The first-order valence-corrected chi connectivity index (χ1v) is 6.33. The number of fused-ring (bicyclic) bond motifs is 2. The van der Waals surface area contributed by atoms with E-state index in [2.05, 4.69) is 17.3 Å². The van der Waals surface area contributed by atoms with Gasteiger partial charge in [0.25, 0.3) is 0 Å². The summed E-state index contributed by atoms with van der Waals surface area (Å²) in [6.07, 6.45) is 10.2. The summed E-state index contributed by atoms with van der Waals surface area (Å²) in [6.45, 7) is 0. The first-order valence-electron chi connectivity index (χ1n) is 6.33. The van der Waals surface area contributed by atoms with Crippen molar-refractivity contribution in [3.63, 3.8) is 0 Å². The van der Waals surface area contributed by atoms with Crippen molar-refractivity contribution in [3.05, 3.63) is 0 Å². The van der Waals surface area contributed by atoms with Crippen LogP contribution >= 0.6 is 0 Å². The Hall–Kier alpha value is -0.0800. The van der Waals surface area contributed by atoms with Crippen molar-refractivity contribution < 1.29 is 0 Å². The number of rotatable bonds is 2. The summed E-state index contributed by atoms with van der Waals surface area (Å²) in [5.41, 5.74) is 0. The predicted octanol–water partition coefficient (Wildman–Crippen LogP) is 1.75. The van der Waals surface area contributed by atoms with Gasteiger partial charge in [-0.05, 0) is 52.0 Å². The average molecular weight is 194 g/mol. The maximum absolute atomic E-state index is 3.44. The molecule has 0 amide bonds. The highest BCUT2D eigenvalue weighted by molar-refractivity contribution is 5.00. The average Bonchev–Trinajstić information content (AvgIpc) is 2.91. The molecule has 1 saturated carbocycles. The second-order valence-electron chi connectivity index (χ2n) is 5.36. The molecule has 0 aromatic rings. The summed E-state index contributed by atoms with van der Waals surface area (Å²) >= 11 is 0. The first-order chi connectivity index (χ1) is 6.88.